The molecule has 12 heavy (non-hydrogen) atoms. The highest BCUT2D eigenvalue weighted by atomic mass is 32.2. The fourth-order valence-electron chi connectivity index (χ4n) is 0.794. The summed E-state index contributed by atoms with van der Waals surface area (Å²) in [6.07, 6.45) is 2.17. The molecule has 0 bridgehead atoms. The van der Waals surface area contributed by atoms with Crippen LogP contribution < -0.4 is 4.18 Å². The van der Waals surface area contributed by atoms with Gasteiger partial charge in [-0.15, -0.1) is 0 Å². The van der Waals surface area contributed by atoms with E-state index in [2.05, 4.69) is 4.98 Å². The molecular formula is C7H11NO3S. The van der Waals surface area contributed by atoms with Crippen LogP contribution in [0.25, 0.3) is 0 Å². The minimum Gasteiger partial charge on any atom is -0.364 e. The SMILES string of the molecule is CCCS(=O)(=O)Oc1ccc[nH]1. The molecular weight excluding hydrogens is 178 g/mol. The van der Waals surface area contributed by atoms with Gasteiger partial charge in [-0.1, -0.05) is 6.92 Å². The van der Waals surface area contributed by atoms with Crippen LogP contribution in [0.2, 0.25) is 0 Å². The summed E-state index contributed by atoms with van der Waals surface area (Å²) < 4.78 is 26.8. The molecule has 1 N–H and O–H groups in total. The summed E-state index contributed by atoms with van der Waals surface area (Å²) in [5.74, 6) is 0.315. The van der Waals surface area contributed by atoms with E-state index in [1.165, 1.54) is 0 Å². The van der Waals surface area contributed by atoms with Gasteiger partial charge in [-0.3, -0.25) is 0 Å². The molecule has 0 saturated heterocycles. The summed E-state index contributed by atoms with van der Waals surface area (Å²) in [5, 5.41) is 0. The predicted molar refractivity (Wildman–Crippen MR) is 45.5 cm³/mol. The normalized spacial score (nSPS) is 11.4. The van der Waals surface area contributed by atoms with E-state index < -0.39 is 10.1 Å². The first kappa shape index (κ1) is 9.12. The van der Waals surface area contributed by atoms with Crippen LogP contribution in [0.15, 0.2) is 18.3 Å². The average Bonchev–Trinajstić information content (AvgIpc) is 2.38. The van der Waals surface area contributed by atoms with E-state index in [-0.39, 0.29) is 11.6 Å². The smallest absolute Gasteiger partial charge is 0.310 e. The van der Waals surface area contributed by atoms with Gasteiger partial charge in [-0.05, 0) is 12.5 Å². The Labute approximate surface area is 71.7 Å². The van der Waals surface area contributed by atoms with Crippen molar-refractivity contribution in [1.29, 1.82) is 0 Å². The molecule has 5 heteroatoms. The zero-order chi connectivity index (χ0) is 9.03. The lowest BCUT2D eigenvalue weighted by Crippen LogP contribution is -2.13. The van der Waals surface area contributed by atoms with E-state index in [9.17, 15) is 8.42 Å². The maximum atomic E-state index is 11.1. The van der Waals surface area contributed by atoms with Gasteiger partial charge in [0.05, 0.1) is 5.75 Å². The van der Waals surface area contributed by atoms with Gasteiger partial charge < -0.3 is 9.17 Å². The summed E-state index contributed by atoms with van der Waals surface area (Å²) in [6.45, 7) is 1.79. The quantitative estimate of drug-likeness (QED) is 0.722. The number of aromatic amines is 1. The minimum absolute atomic E-state index is 0.0476. The Morgan fingerprint density at radius 2 is 2.33 bits per heavy atom. The van der Waals surface area contributed by atoms with Crippen molar-refractivity contribution < 1.29 is 12.6 Å². The molecule has 0 radical (unpaired) electrons. The van der Waals surface area contributed by atoms with Crippen molar-refractivity contribution in [3.8, 4) is 5.88 Å². The minimum atomic E-state index is -3.39. The van der Waals surface area contributed by atoms with Crippen molar-refractivity contribution in [2.75, 3.05) is 5.75 Å². The number of aromatic nitrogens is 1. The van der Waals surface area contributed by atoms with E-state index in [1.54, 1.807) is 25.3 Å². The molecule has 0 aliphatic rings. The molecule has 1 aromatic heterocycles. The van der Waals surface area contributed by atoms with E-state index in [4.69, 9.17) is 4.18 Å². The molecule has 0 atom stereocenters. The monoisotopic (exact) mass is 189 g/mol. The van der Waals surface area contributed by atoms with Crippen molar-refractivity contribution in [3.05, 3.63) is 18.3 Å². The van der Waals surface area contributed by atoms with Gasteiger partial charge in [0.2, 0.25) is 5.88 Å². The Bertz CT molecular complexity index is 314. The highest BCUT2D eigenvalue weighted by molar-refractivity contribution is 7.87. The van der Waals surface area contributed by atoms with Gasteiger partial charge in [-0.25, -0.2) is 0 Å². The third-order valence-electron chi connectivity index (χ3n) is 1.24. The molecule has 1 heterocycles. The Morgan fingerprint density at radius 1 is 1.58 bits per heavy atom. The molecule has 0 saturated carbocycles. The first-order valence-corrected chi connectivity index (χ1v) is 5.27. The van der Waals surface area contributed by atoms with Crippen molar-refractivity contribution in [1.82, 2.24) is 4.98 Å². The highest BCUT2D eigenvalue weighted by Crippen LogP contribution is 2.08. The molecule has 0 unspecified atom stereocenters. The van der Waals surface area contributed by atoms with Crippen molar-refractivity contribution in [2.24, 2.45) is 0 Å². The van der Waals surface area contributed by atoms with Gasteiger partial charge in [0.1, 0.15) is 0 Å². The molecule has 0 amide bonds. The fraction of sp³-hybridized carbons (Fsp3) is 0.429. The molecule has 0 aromatic carbocycles. The Balaban J connectivity index is 2.63. The van der Waals surface area contributed by atoms with E-state index in [1.807, 2.05) is 0 Å². The second-order valence-electron chi connectivity index (χ2n) is 2.38. The number of nitrogens with one attached hydrogen (secondary N) is 1. The highest BCUT2D eigenvalue weighted by Gasteiger charge is 2.10. The zero-order valence-corrected chi connectivity index (χ0v) is 7.60. The summed E-state index contributed by atoms with van der Waals surface area (Å²) in [4.78, 5) is 2.65. The lowest BCUT2D eigenvalue weighted by Gasteiger charge is -2.01. The van der Waals surface area contributed by atoms with Crippen molar-refractivity contribution >= 4 is 10.1 Å². The fourth-order valence-corrected chi connectivity index (χ4v) is 1.75. The Hall–Kier alpha value is -0.970. The van der Waals surface area contributed by atoms with Gasteiger partial charge in [0.15, 0.2) is 0 Å². The Kier molecular flexibility index (Phi) is 2.75. The molecule has 1 aromatic rings. The van der Waals surface area contributed by atoms with Gasteiger partial charge in [-0.2, -0.15) is 8.42 Å². The van der Waals surface area contributed by atoms with Crippen LogP contribution in [0.4, 0.5) is 0 Å². The van der Waals surface area contributed by atoms with Crippen LogP contribution >= 0.6 is 0 Å². The standard InChI is InChI=1S/C7H11NO3S/c1-2-6-12(9,10)11-7-4-3-5-8-7/h3-5,8H,2,6H2,1H3. The lowest BCUT2D eigenvalue weighted by molar-refractivity contribution is 0.477. The molecule has 0 fully saturated rings. The van der Waals surface area contributed by atoms with E-state index >= 15 is 0 Å². The zero-order valence-electron chi connectivity index (χ0n) is 6.78. The van der Waals surface area contributed by atoms with Crippen LogP contribution in [0.1, 0.15) is 13.3 Å². The third-order valence-corrected chi connectivity index (χ3v) is 2.58. The second-order valence-corrected chi connectivity index (χ2v) is 4.07. The molecule has 0 spiro atoms. The molecule has 0 aliphatic carbocycles. The molecule has 68 valence electrons. The first-order chi connectivity index (χ1) is 5.64. The van der Waals surface area contributed by atoms with Gasteiger partial charge in [0, 0.05) is 12.3 Å². The average molecular weight is 189 g/mol. The summed E-state index contributed by atoms with van der Waals surface area (Å²) in [7, 11) is -3.39. The van der Waals surface area contributed by atoms with Crippen LogP contribution in [-0.2, 0) is 10.1 Å². The van der Waals surface area contributed by atoms with Crippen LogP contribution in [0, 0.1) is 0 Å². The number of hydrogen-bond donors (Lipinski definition) is 1. The summed E-state index contributed by atoms with van der Waals surface area (Å²) in [5.41, 5.74) is 0. The van der Waals surface area contributed by atoms with Crippen LogP contribution in [-0.4, -0.2) is 19.2 Å². The maximum absolute atomic E-state index is 11.1. The lowest BCUT2D eigenvalue weighted by atomic mass is 10.6. The predicted octanol–water partition coefficient (Wildman–Crippen LogP) is 1.13. The van der Waals surface area contributed by atoms with Gasteiger partial charge in [0.25, 0.3) is 0 Å². The van der Waals surface area contributed by atoms with E-state index in [0.717, 1.165) is 0 Å². The maximum Gasteiger partial charge on any atom is 0.310 e. The van der Waals surface area contributed by atoms with Crippen molar-refractivity contribution in [2.45, 2.75) is 13.3 Å². The third kappa shape index (κ3) is 2.58. The second kappa shape index (κ2) is 3.62. The summed E-state index contributed by atoms with van der Waals surface area (Å²) in [6, 6.07) is 3.24. The number of hydrogen-bond acceptors (Lipinski definition) is 3. The number of rotatable bonds is 4. The Morgan fingerprint density at radius 3 is 2.83 bits per heavy atom. The topological polar surface area (TPSA) is 59.2 Å². The molecule has 1 rings (SSSR count). The largest absolute Gasteiger partial charge is 0.364 e. The summed E-state index contributed by atoms with van der Waals surface area (Å²) >= 11 is 0. The van der Waals surface area contributed by atoms with Gasteiger partial charge >= 0.3 is 10.1 Å². The molecule has 4 nitrogen and oxygen atoms in total. The first-order valence-electron chi connectivity index (χ1n) is 3.69. The molecule has 0 aliphatic heterocycles. The number of H-pyrrole nitrogens is 1. The van der Waals surface area contributed by atoms with E-state index in [0.29, 0.717) is 6.42 Å². The van der Waals surface area contributed by atoms with Crippen LogP contribution in [0.5, 0.6) is 5.88 Å². The van der Waals surface area contributed by atoms with Crippen molar-refractivity contribution in [3.63, 3.8) is 0 Å². The van der Waals surface area contributed by atoms with Crippen LogP contribution in [0.3, 0.4) is 0 Å².